The average molecular weight is 384 g/mol. The monoisotopic (exact) mass is 384 g/mol. The normalized spacial score (nSPS) is 14.8. The summed E-state index contributed by atoms with van der Waals surface area (Å²) in [6, 6.07) is 9.59. The minimum Gasteiger partial charge on any atom is -0.466 e. The largest absolute Gasteiger partial charge is 0.466 e. The highest BCUT2D eigenvalue weighted by Gasteiger charge is 2.32. The molecule has 0 atom stereocenters. The van der Waals surface area contributed by atoms with Crippen LogP contribution in [-0.2, 0) is 14.3 Å². The molecule has 0 saturated heterocycles. The van der Waals surface area contributed by atoms with Crippen LogP contribution in [0.5, 0.6) is 0 Å². The lowest BCUT2D eigenvalue weighted by Crippen LogP contribution is -2.42. The van der Waals surface area contributed by atoms with Crippen LogP contribution in [0.3, 0.4) is 0 Å². The van der Waals surface area contributed by atoms with Gasteiger partial charge >= 0.3 is 12.1 Å². The first-order valence-corrected chi connectivity index (χ1v) is 9.08. The van der Waals surface area contributed by atoms with Gasteiger partial charge in [0.15, 0.2) is 5.76 Å². The van der Waals surface area contributed by atoms with Gasteiger partial charge in [-0.2, -0.15) is 0 Å². The highest BCUT2D eigenvalue weighted by molar-refractivity contribution is 5.98. The lowest BCUT2D eigenvalue weighted by molar-refractivity contribution is -0.136. The third kappa shape index (κ3) is 4.42. The minimum atomic E-state index is -0.611. The third-order valence-corrected chi connectivity index (χ3v) is 4.25. The molecule has 0 saturated carbocycles. The Hall–Kier alpha value is -3.09. The van der Waals surface area contributed by atoms with Crippen molar-refractivity contribution in [2.45, 2.75) is 32.8 Å². The maximum Gasteiger partial charge on any atom is 0.410 e. The first kappa shape index (κ1) is 19.7. The SMILES string of the molecule is COC(=O)C1=C(c2ncc(-c3ccccc3)o2)CCN(C(=O)OC(C)(C)C)C1. The molecule has 1 amide bonds. The number of esters is 1. The van der Waals surface area contributed by atoms with E-state index >= 15 is 0 Å². The Bertz CT molecular complexity index is 893. The van der Waals surface area contributed by atoms with Crippen LogP contribution in [-0.4, -0.2) is 47.7 Å². The summed E-state index contributed by atoms with van der Waals surface area (Å²) in [5.74, 6) is 0.465. The van der Waals surface area contributed by atoms with Crippen molar-refractivity contribution in [3.8, 4) is 11.3 Å². The Labute approximate surface area is 163 Å². The summed E-state index contributed by atoms with van der Waals surface area (Å²) in [5.41, 5.74) is 1.28. The van der Waals surface area contributed by atoms with E-state index in [9.17, 15) is 9.59 Å². The molecule has 1 aromatic carbocycles. The van der Waals surface area contributed by atoms with Gasteiger partial charge < -0.3 is 18.8 Å². The Kier molecular flexibility index (Phi) is 5.53. The van der Waals surface area contributed by atoms with Crippen molar-refractivity contribution in [1.82, 2.24) is 9.88 Å². The molecular formula is C21H24N2O5. The van der Waals surface area contributed by atoms with Crippen LogP contribution < -0.4 is 0 Å². The van der Waals surface area contributed by atoms with E-state index in [4.69, 9.17) is 13.9 Å². The van der Waals surface area contributed by atoms with E-state index in [1.165, 1.54) is 12.0 Å². The van der Waals surface area contributed by atoms with E-state index in [1.807, 2.05) is 30.3 Å². The minimum absolute atomic E-state index is 0.0833. The molecule has 28 heavy (non-hydrogen) atoms. The molecule has 0 bridgehead atoms. The molecule has 148 valence electrons. The van der Waals surface area contributed by atoms with E-state index in [2.05, 4.69) is 4.98 Å². The summed E-state index contributed by atoms with van der Waals surface area (Å²) in [5, 5.41) is 0. The van der Waals surface area contributed by atoms with Crippen molar-refractivity contribution in [1.29, 1.82) is 0 Å². The number of carbonyl (C=O) groups excluding carboxylic acids is 2. The maximum absolute atomic E-state index is 12.4. The van der Waals surface area contributed by atoms with Crippen LogP contribution in [0.25, 0.3) is 16.9 Å². The van der Waals surface area contributed by atoms with Gasteiger partial charge in [0.25, 0.3) is 0 Å². The highest BCUT2D eigenvalue weighted by atomic mass is 16.6. The molecule has 2 aromatic rings. The van der Waals surface area contributed by atoms with Gasteiger partial charge in [-0.1, -0.05) is 30.3 Å². The van der Waals surface area contributed by atoms with Crippen LogP contribution in [0.4, 0.5) is 4.79 Å². The summed E-state index contributed by atoms with van der Waals surface area (Å²) in [7, 11) is 1.31. The molecule has 0 fully saturated rings. The average Bonchev–Trinajstić information content (AvgIpc) is 3.16. The van der Waals surface area contributed by atoms with Crippen molar-refractivity contribution in [3.05, 3.63) is 48.0 Å². The predicted molar refractivity (Wildman–Crippen MR) is 103 cm³/mol. The molecule has 0 unspecified atom stereocenters. The van der Waals surface area contributed by atoms with E-state index in [0.717, 1.165) is 5.56 Å². The first-order chi connectivity index (χ1) is 13.3. The lowest BCUT2D eigenvalue weighted by Gasteiger charge is -2.31. The molecule has 0 spiro atoms. The molecule has 3 rings (SSSR count). The van der Waals surface area contributed by atoms with Crippen LogP contribution >= 0.6 is 0 Å². The maximum atomic E-state index is 12.4. The predicted octanol–water partition coefficient (Wildman–Crippen LogP) is 3.91. The standard InChI is InChI=1S/C21H24N2O5/c1-21(2,3)28-20(25)23-11-10-15(16(13-23)19(24)26-4)18-22-12-17(27-18)14-8-6-5-7-9-14/h5-9,12H,10-11,13H2,1-4H3. The molecule has 1 aliphatic heterocycles. The molecule has 2 heterocycles. The zero-order valence-corrected chi connectivity index (χ0v) is 16.5. The van der Waals surface area contributed by atoms with Gasteiger partial charge in [-0.15, -0.1) is 0 Å². The Balaban J connectivity index is 1.89. The number of oxazole rings is 1. The lowest BCUT2D eigenvalue weighted by atomic mass is 10.00. The second-order valence-corrected chi connectivity index (χ2v) is 7.50. The fourth-order valence-corrected chi connectivity index (χ4v) is 2.94. The van der Waals surface area contributed by atoms with Crippen molar-refractivity contribution < 1.29 is 23.5 Å². The second-order valence-electron chi connectivity index (χ2n) is 7.50. The molecule has 0 aliphatic carbocycles. The van der Waals surface area contributed by atoms with Gasteiger partial charge in [-0.25, -0.2) is 14.6 Å². The third-order valence-electron chi connectivity index (χ3n) is 4.25. The number of aromatic nitrogens is 1. The number of methoxy groups -OCH3 is 1. The summed E-state index contributed by atoms with van der Waals surface area (Å²) in [6.45, 7) is 5.88. The van der Waals surface area contributed by atoms with Gasteiger partial charge in [0.2, 0.25) is 5.89 Å². The zero-order valence-electron chi connectivity index (χ0n) is 16.5. The van der Waals surface area contributed by atoms with Crippen molar-refractivity contribution in [2.24, 2.45) is 0 Å². The first-order valence-electron chi connectivity index (χ1n) is 9.08. The fourth-order valence-electron chi connectivity index (χ4n) is 2.94. The Morgan fingerprint density at radius 1 is 1.18 bits per heavy atom. The van der Waals surface area contributed by atoms with Crippen molar-refractivity contribution >= 4 is 17.6 Å². The molecule has 0 N–H and O–H groups in total. The molecule has 1 aliphatic rings. The van der Waals surface area contributed by atoms with Crippen molar-refractivity contribution in [3.63, 3.8) is 0 Å². The number of hydrogen-bond donors (Lipinski definition) is 0. The van der Waals surface area contributed by atoms with E-state index in [-0.39, 0.29) is 6.54 Å². The number of nitrogens with zero attached hydrogens (tertiary/aromatic N) is 2. The van der Waals surface area contributed by atoms with Gasteiger partial charge in [-0.3, -0.25) is 0 Å². The van der Waals surface area contributed by atoms with Gasteiger partial charge in [0.1, 0.15) is 5.60 Å². The topological polar surface area (TPSA) is 81.9 Å². The number of rotatable bonds is 3. The smallest absolute Gasteiger partial charge is 0.410 e. The number of amides is 1. The van der Waals surface area contributed by atoms with E-state index in [1.54, 1.807) is 27.0 Å². The number of benzene rings is 1. The van der Waals surface area contributed by atoms with Gasteiger partial charge in [0, 0.05) is 17.7 Å². The summed E-state index contributed by atoms with van der Waals surface area (Å²) >= 11 is 0. The van der Waals surface area contributed by atoms with E-state index in [0.29, 0.717) is 35.8 Å². The van der Waals surface area contributed by atoms with Crippen molar-refractivity contribution in [2.75, 3.05) is 20.2 Å². The Morgan fingerprint density at radius 2 is 1.89 bits per heavy atom. The van der Waals surface area contributed by atoms with E-state index < -0.39 is 17.7 Å². The van der Waals surface area contributed by atoms with Crippen LogP contribution in [0.2, 0.25) is 0 Å². The number of carbonyl (C=O) groups is 2. The molecule has 7 heteroatoms. The fraction of sp³-hybridized carbons (Fsp3) is 0.381. The quantitative estimate of drug-likeness (QED) is 0.746. The molecule has 7 nitrogen and oxygen atoms in total. The Morgan fingerprint density at radius 3 is 2.54 bits per heavy atom. The summed E-state index contributed by atoms with van der Waals surface area (Å²) < 4.78 is 16.2. The van der Waals surface area contributed by atoms with Gasteiger partial charge in [-0.05, 0) is 27.2 Å². The van der Waals surface area contributed by atoms with Crippen LogP contribution in [0, 0.1) is 0 Å². The highest BCUT2D eigenvalue weighted by Crippen LogP contribution is 2.31. The van der Waals surface area contributed by atoms with Crippen LogP contribution in [0.15, 0.2) is 46.5 Å². The summed E-state index contributed by atoms with van der Waals surface area (Å²) in [6.07, 6.45) is 1.58. The molecular weight excluding hydrogens is 360 g/mol. The van der Waals surface area contributed by atoms with Crippen LogP contribution in [0.1, 0.15) is 33.1 Å². The number of ether oxygens (including phenoxy) is 2. The zero-order chi connectivity index (χ0) is 20.3. The summed E-state index contributed by atoms with van der Waals surface area (Å²) in [4.78, 5) is 30.6. The van der Waals surface area contributed by atoms with Gasteiger partial charge in [0.05, 0.1) is 25.4 Å². The molecule has 0 radical (unpaired) electrons. The number of hydrogen-bond acceptors (Lipinski definition) is 6. The molecule has 1 aromatic heterocycles. The second kappa shape index (κ2) is 7.88.